The number of ether oxygens (including phenoxy) is 1. The van der Waals surface area contributed by atoms with E-state index in [0.29, 0.717) is 29.3 Å². The molecule has 1 saturated heterocycles. The second-order valence-corrected chi connectivity index (χ2v) is 5.20. The van der Waals surface area contributed by atoms with Crippen molar-refractivity contribution >= 4 is 11.9 Å². The number of hydrogen-bond acceptors (Lipinski definition) is 5. The molecule has 1 aliphatic heterocycles. The van der Waals surface area contributed by atoms with Crippen molar-refractivity contribution in [1.82, 2.24) is 9.97 Å². The van der Waals surface area contributed by atoms with Crippen molar-refractivity contribution in [2.45, 2.75) is 52.1 Å². The highest BCUT2D eigenvalue weighted by Crippen LogP contribution is 2.26. The Labute approximate surface area is 114 Å². The molecule has 2 rings (SSSR count). The molecule has 5 nitrogen and oxygen atoms in total. The Kier molecular flexibility index (Phi) is 4.02. The standard InChI is InChI=1S/C14H21N3O2/c1-9-6-5-7-10(2)17(9)14-15-8-12(11(3)16-14)13(18)19-4/h8-10H,5-7H2,1-4H3. The number of nitrogens with zero attached hydrogens (tertiary/aromatic N) is 3. The Hall–Kier alpha value is -1.65. The van der Waals surface area contributed by atoms with Crippen LogP contribution in [0.25, 0.3) is 0 Å². The lowest BCUT2D eigenvalue weighted by Crippen LogP contribution is -2.45. The smallest absolute Gasteiger partial charge is 0.341 e. The molecule has 5 heteroatoms. The number of esters is 1. The van der Waals surface area contributed by atoms with Crippen molar-refractivity contribution < 1.29 is 9.53 Å². The fourth-order valence-corrected chi connectivity index (χ4v) is 2.71. The van der Waals surface area contributed by atoms with E-state index in [0.717, 1.165) is 12.8 Å². The molecule has 0 aliphatic carbocycles. The molecule has 1 fully saturated rings. The Balaban J connectivity index is 2.30. The third-order valence-electron chi connectivity index (χ3n) is 3.80. The maximum Gasteiger partial charge on any atom is 0.341 e. The Morgan fingerprint density at radius 3 is 2.53 bits per heavy atom. The van der Waals surface area contributed by atoms with Gasteiger partial charge in [-0.1, -0.05) is 0 Å². The highest BCUT2D eigenvalue weighted by atomic mass is 16.5. The van der Waals surface area contributed by atoms with Crippen LogP contribution in [0.4, 0.5) is 5.95 Å². The summed E-state index contributed by atoms with van der Waals surface area (Å²) in [5, 5.41) is 0. The molecule has 1 aromatic heterocycles. The van der Waals surface area contributed by atoms with Crippen molar-refractivity contribution in [3.63, 3.8) is 0 Å². The Morgan fingerprint density at radius 2 is 2.00 bits per heavy atom. The molecule has 1 aliphatic rings. The van der Waals surface area contributed by atoms with Crippen molar-refractivity contribution in [3.05, 3.63) is 17.5 Å². The van der Waals surface area contributed by atoms with E-state index < -0.39 is 0 Å². The molecule has 19 heavy (non-hydrogen) atoms. The second kappa shape index (κ2) is 5.55. The molecule has 0 N–H and O–H groups in total. The molecular formula is C14H21N3O2. The van der Waals surface area contributed by atoms with Crippen LogP contribution in [0.3, 0.4) is 0 Å². The predicted molar refractivity (Wildman–Crippen MR) is 73.4 cm³/mol. The van der Waals surface area contributed by atoms with E-state index in [-0.39, 0.29) is 5.97 Å². The van der Waals surface area contributed by atoms with Gasteiger partial charge >= 0.3 is 5.97 Å². The lowest BCUT2D eigenvalue weighted by Gasteiger charge is -2.39. The number of carbonyl (C=O) groups is 1. The minimum absolute atomic E-state index is 0.385. The van der Waals surface area contributed by atoms with Gasteiger partial charge in [0.25, 0.3) is 0 Å². The van der Waals surface area contributed by atoms with E-state index >= 15 is 0 Å². The first-order chi connectivity index (χ1) is 9.04. The quantitative estimate of drug-likeness (QED) is 0.767. The lowest BCUT2D eigenvalue weighted by atomic mass is 9.98. The summed E-state index contributed by atoms with van der Waals surface area (Å²) in [6.45, 7) is 6.21. The number of piperidine rings is 1. The zero-order chi connectivity index (χ0) is 14.0. The number of hydrogen-bond donors (Lipinski definition) is 0. The Bertz CT molecular complexity index is 466. The van der Waals surface area contributed by atoms with Gasteiger partial charge in [0, 0.05) is 18.3 Å². The van der Waals surface area contributed by atoms with E-state index in [1.165, 1.54) is 13.5 Å². The van der Waals surface area contributed by atoms with Gasteiger partial charge in [-0.2, -0.15) is 0 Å². The van der Waals surface area contributed by atoms with E-state index in [4.69, 9.17) is 4.74 Å². The maximum absolute atomic E-state index is 11.5. The highest BCUT2D eigenvalue weighted by Gasteiger charge is 2.27. The number of aromatic nitrogens is 2. The molecule has 104 valence electrons. The van der Waals surface area contributed by atoms with Crippen molar-refractivity contribution in [2.24, 2.45) is 0 Å². The molecule has 0 aromatic carbocycles. The van der Waals surface area contributed by atoms with Gasteiger partial charge in [0.1, 0.15) is 0 Å². The fourth-order valence-electron chi connectivity index (χ4n) is 2.71. The van der Waals surface area contributed by atoms with E-state index in [9.17, 15) is 4.79 Å². The van der Waals surface area contributed by atoms with Gasteiger partial charge in [-0.25, -0.2) is 14.8 Å². The molecule has 0 spiro atoms. The normalized spacial score (nSPS) is 23.3. The van der Waals surface area contributed by atoms with Gasteiger partial charge in [-0.05, 0) is 40.0 Å². The summed E-state index contributed by atoms with van der Waals surface area (Å²) >= 11 is 0. The number of aryl methyl sites for hydroxylation is 1. The molecule has 0 bridgehead atoms. The number of carbonyl (C=O) groups excluding carboxylic acids is 1. The van der Waals surface area contributed by atoms with Crippen LogP contribution in [-0.4, -0.2) is 35.1 Å². The summed E-state index contributed by atoms with van der Waals surface area (Å²) < 4.78 is 4.71. The van der Waals surface area contributed by atoms with Gasteiger partial charge in [0.05, 0.1) is 18.4 Å². The van der Waals surface area contributed by atoms with Crippen LogP contribution in [-0.2, 0) is 4.74 Å². The summed E-state index contributed by atoms with van der Waals surface area (Å²) in [5.74, 6) is 0.327. The van der Waals surface area contributed by atoms with E-state index in [1.807, 2.05) is 6.92 Å². The van der Waals surface area contributed by atoms with Gasteiger partial charge in [-0.15, -0.1) is 0 Å². The average Bonchev–Trinajstić information content (AvgIpc) is 2.38. The number of methoxy groups -OCH3 is 1. The minimum Gasteiger partial charge on any atom is -0.465 e. The van der Waals surface area contributed by atoms with Crippen molar-refractivity contribution in [2.75, 3.05) is 12.0 Å². The first-order valence-electron chi connectivity index (χ1n) is 6.75. The lowest BCUT2D eigenvalue weighted by molar-refractivity contribution is 0.0599. The van der Waals surface area contributed by atoms with Gasteiger partial charge in [0.2, 0.25) is 5.95 Å². The first-order valence-corrected chi connectivity index (χ1v) is 6.75. The van der Waals surface area contributed by atoms with Crippen molar-refractivity contribution in [3.8, 4) is 0 Å². The fraction of sp³-hybridized carbons (Fsp3) is 0.643. The van der Waals surface area contributed by atoms with Crippen LogP contribution in [0.5, 0.6) is 0 Å². The van der Waals surface area contributed by atoms with Crippen LogP contribution in [0.1, 0.15) is 49.2 Å². The van der Waals surface area contributed by atoms with Gasteiger partial charge in [-0.3, -0.25) is 0 Å². The molecule has 2 heterocycles. The first kappa shape index (κ1) is 13.8. The SMILES string of the molecule is COC(=O)c1cnc(N2C(C)CCCC2C)nc1C. The molecule has 0 amide bonds. The van der Waals surface area contributed by atoms with Crippen LogP contribution in [0.2, 0.25) is 0 Å². The second-order valence-electron chi connectivity index (χ2n) is 5.20. The van der Waals surface area contributed by atoms with Crippen LogP contribution >= 0.6 is 0 Å². The highest BCUT2D eigenvalue weighted by molar-refractivity contribution is 5.90. The summed E-state index contributed by atoms with van der Waals surface area (Å²) in [5.41, 5.74) is 1.10. The predicted octanol–water partition coefficient (Wildman–Crippen LogP) is 2.34. The molecule has 0 radical (unpaired) electrons. The Morgan fingerprint density at radius 1 is 1.37 bits per heavy atom. The summed E-state index contributed by atoms with van der Waals surface area (Å²) in [4.78, 5) is 22.6. The number of anilines is 1. The molecule has 1 aromatic rings. The average molecular weight is 263 g/mol. The van der Waals surface area contributed by atoms with Crippen LogP contribution in [0, 0.1) is 6.92 Å². The zero-order valence-corrected chi connectivity index (χ0v) is 12.0. The summed E-state index contributed by atoms with van der Waals surface area (Å²) in [7, 11) is 1.37. The van der Waals surface area contributed by atoms with E-state index in [2.05, 4.69) is 28.7 Å². The molecule has 0 saturated carbocycles. The third kappa shape index (κ3) is 2.69. The molecule has 2 atom stereocenters. The maximum atomic E-state index is 11.5. The van der Waals surface area contributed by atoms with Crippen LogP contribution in [0.15, 0.2) is 6.20 Å². The minimum atomic E-state index is -0.385. The number of rotatable bonds is 2. The topological polar surface area (TPSA) is 55.3 Å². The largest absolute Gasteiger partial charge is 0.465 e. The molecule has 2 unspecified atom stereocenters. The monoisotopic (exact) mass is 263 g/mol. The summed E-state index contributed by atoms with van der Waals surface area (Å²) in [6, 6.07) is 0.874. The third-order valence-corrected chi connectivity index (χ3v) is 3.80. The summed E-state index contributed by atoms with van der Waals surface area (Å²) in [6.07, 6.45) is 5.13. The van der Waals surface area contributed by atoms with E-state index in [1.54, 1.807) is 6.20 Å². The zero-order valence-electron chi connectivity index (χ0n) is 12.0. The van der Waals surface area contributed by atoms with Gasteiger partial charge in [0.15, 0.2) is 0 Å². The molecular weight excluding hydrogens is 242 g/mol. The van der Waals surface area contributed by atoms with Crippen molar-refractivity contribution in [1.29, 1.82) is 0 Å². The van der Waals surface area contributed by atoms with Crippen LogP contribution < -0.4 is 4.90 Å². The van der Waals surface area contributed by atoms with Gasteiger partial charge < -0.3 is 9.64 Å².